The van der Waals surface area contributed by atoms with Crippen LogP contribution in [0.15, 0.2) is 33.6 Å². The third kappa shape index (κ3) is 1.58. The molecule has 0 fully saturated rings. The first kappa shape index (κ1) is 8.31. The Balaban J connectivity index is 2.33. The quantitative estimate of drug-likeness (QED) is 0.679. The molecule has 1 amide bonds. The SMILES string of the molecule is NC(=O)C1=NSc2ccccc2C1. The Kier molecular flexibility index (Phi) is 2.06. The highest BCUT2D eigenvalue weighted by Crippen LogP contribution is 2.28. The molecule has 1 aliphatic heterocycles. The van der Waals surface area contributed by atoms with Crippen molar-refractivity contribution in [3.8, 4) is 0 Å². The zero-order chi connectivity index (χ0) is 9.26. The number of hydrogen-bond acceptors (Lipinski definition) is 3. The fraction of sp³-hybridized carbons (Fsp3) is 0.111. The molecule has 1 aliphatic rings. The number of carbonyl (C=O) groups excluding carboxylic acids is 1. The zero-order valence-electron chi connectivity index (χ0n) is 6.86. The number of hydrogen-bond donors (Lipinski definition) is 1. The van der Waals surface area contributed by atoms with Gasteiger partial charge in [-0.25, -0.2) is 4.40 Å². The summed E-state index contributed by atoms with van der Waals surface area (Å²) in [6.07, 6.45) is 0.554. The maximum atomic E-state index is 10.8. The molecule has 0 unspecified atom stereocenters. The van der Waals surface area contributed by atoms with Crippen molar-refractivity contribution in [2.75, 3.05) is 0 Å². The summed E-state index contributed by atoms with van der Waals surface area (Å²) in [6.45, 7) is 0. The lowest BCUT2D eigenvalue weighted by Gasteiger charge is -2.11. The summed E-state index contributed by atoms with van der Waals surface area (Å²) in [5.74, 6) is -0.429. The van der Waals surface area contributed by atoms with Crippen molar-refractivity contribution in [2.45, 2.75) is 11.3 Å². The van der Waals surface area contributed by atoms with Gasteiger partial charge in [-0.15, -0.1) is 0 Å². The van der Waals surface area contributed by atoms with Gasteiger partial charge in [-0.1, -0.05) is 18.2 Å². The van der Waals surface area contributed by atoms with Gasteiger partial charge in [0.05, 0.1) is 0 Å². The molecular formula is C9H8N2OS. The van der Waals surface area contributed by atoms with E-state index in [1.165, 1.54) is 11.9 Å². The predicted molar refractivity (Wildman–Crippen MR) is 52.6 cm³/mol. The fourth-order valence-electron chi connectivity index (χ4n) is 1.19. The Labute approximate surface area is 80.2 Å². The first-order valence-corrected chi connectivity index (χ1v) is 4.66. The molecule has 0 saturated carbocycles. The molecule has 2 rings (SSSR count). The van der Waals surface area contributed by atoms with Gasteiger partial charge in [-0.2, -0.15) is 0 Å². The van der Waals surface area contributed by atoms with Crippen molar-refractivity contribution in [3.63, 3.8) is 0 Å². The minimum atomic E-state index is -0.429. The van der Waals surface area contributed by atoms with Crippen LogP contribution in [0.25, 0.3) is 0 Å². The molecule has 13 heavy (non-hydrogen) atoms. The van der Waals surface area contributed by atoms with E-state index in [0.29, 0.717) is 12.1 Å². The van der Waals surface area contributed by atoms with Gasteiger partial charge in [-0.05, 0) is 11.6 Å². The van der Waals surface area contributed by atoms with Crippen molar-refractivity contribution >= 4 is 23.6 Å². The van der Waals surface area contributed by atoms with Crippen molar-refractivity contribution in [1.29, 1.82) is 0 Å². The van der Waals surface area contributed by atoms with Crippen molar-refractivity contribution in [1.82, 2.24) is 0 Å². The van der Waals surface area contributed by atoms with Gasteiger partial charge in [0.2, 0.25) is 0 Å². The standard InChI is InChI=1S/C9H8N2OS/c10-9(12)7-5-6-3-1-2-4-8(6)13-11-7/h1-4H,5H2,(H2,10,12). The van der Waals surface area contributed by atoms with E-state index in [1.54, 1.807) is 0 Å². The molecule has 4 heteroatoms. The van der Waals surface area contributed by atoms with Crippen LogP contribution in [0.1, 0.15) is 5.56 Å². The van der Waals surface area contributed by atoms with Crippen LogP contribution >= 0.6 is 11.9 Å². The third-order valence-electron chi connectivity index (χ3n) is 1.87. The van der Waals surface area contributed by atoms with E-state index in [2.05, 4.69) is 4.40 Å². The summed E-state index contributed by atoms with van der Waals surface area (Å²) >= 11 is 1.31. The van der Waals surface area contributed by atoms with Crippen LogP contribution in [-0.4, -0.2) is 11.6 Å². The topological polar surface area (TPSA) is 55.5 Å². The number of nitrogens with zero attached hydrogens (tertiary/aromatic N) is 1. The van der Waals surface area contributed by atoms with E-state index in [4.69, 9.17) is 5.73 Å². The van der Waals surface area contributed by atoms with E-state index in [1.807, 2.05) is 24.3 Å². The lowest BCUT2D eigenvalue weighted by atomic mass is 10.1. The second kappa shape index (κ2) is 3.22. The minimum Gasteiger partial charge on any atom is -0.365 e. The van der Waals surface area contributed by atoms with Gasteiger partial charge in [0, 0.05) is 23.3 Å². The molecule has 0 radical (unpaired) electrons. The van der Waals surface area contributed by atoms with E-state index in [9.17, 15) is 4.79 Å². The molecule has 0 saturated heterocycles. The van der Waals surface area contributed by atoms with Crippen LogP contribution in [0.5, 0.6) is 0 Å². The smallest absolute Gasteiger partial charge is 0.264 e. The second-order valence-corrected chi connectivity index (χ2v) is 3.58. The number of fused-ring (bicyclic) bond motifs is 1. The van der Waals surface area contributed by atoms with Crippen molar-refractivity contribution < 1.29 is 4.79 Å². The Hall–Kier alpha value is -1.29. The summed E-state index contributed by atoms with van der Waals surface area (Å²) in [4.78, 5) is 11.9. The molecule has 0 atom stereocenters. The Bertz CT molecular complexity index is 387. The molecule has 0 bridgehead atoms. The van der Waals surface area contributed by atoms with Crippen LogP contribution in [-0.2, 0) is 11.2 Å². The van der Waals surface area contributed by atoms with Gasteiger partial charge in [0.1, 0.15) is 5.71 Å². The summed E-state index contributed by atoms with van der Waals surface area (Å²) in [5.41, 5.74) is 6.71. The largest absolute Gasteiger partial charge is 0.365 e. The average Bonchev–Trinajstić information content (AvgIpc) is 2.17. The van der Waals surface area contributed by atoms with Gasteiger partial charge in [0.25, 0.3) is 5.91 Å². The van der Waals surface area contributed by atoms with Crippen LogP contribution in [0.4, 0.5) is 0 Å². The highest BCUT2D eigenvalue weighted by Gasteiger charge is 2.15. The average molecular weight is 192 g/mol. The first-order valence-electron chi connectivity index (χ1n) is 3.89. The summed E-state index contributed by atoms with van der Waals surface area (Å²) < 4.78 is 4.03. The Morgan fingerprint density at radius 2 is 2.23 bits per heavy atom. The molecule has 66 valence electrons. The zero-order valence-corrected chi connectivity index (χ0v) is 7.67. The Morgan fingerprint density at radius 1 is 1.46 bits per heavy atom. The molecule has 1 aromatic rings. The van der Waals surface area contributed by atoms with Gasteiger partial charge < -0.3 is 5.73 Å². The van der Waals surface area contributed by atoms with Gasteiger partial charge >= 0.3 is 0 Å². The van der Waals surface area contributed by atoms with Crippen LogP contribution in [0.3, 0.4) is 0 Å². The number of rotatable bonds is 1. The number of primary amides is 1. The molecule has 0 aliphatic carbocycles. The summed E-state index contributed by atoms with van der Waals surface area (Å²) in [5, 5.41) is 0. The van der Waals surface area contributed by atoms with Gasteiger partial charge in [0.15, 0.2) is 0 Å². The van der Waals surface area contributed by atoms with Crippen LogP contribution in [0.2, 0.25) is 0 Å². The monoisotopic (exact) mass is 192 g/mol. The lowest BCUT2D eigenvalue weighted by molar-refractivity contribution is -0.112. The molecule has 0 aromatic heterocycles. The summed E-state index contributed by atoms with van der Waals surface area (Å²) in [7, 11) is 0. The third-order valence-corrected chi connectivity index (χ3v) is 2.78. The maximum absolute atomic E-state index is 10.8. The minimum absolute atomic E-state index is 0.429. The molecule has 1 heterocycles. The highest BCUT2D eigenvalue weighted by molar-refractivity contribution is 7.98. The second-order valence-electron chi connectivity index (χ2n) is 2.78. The summed E-state index contributed by atoms with van der Waals surface area (Å²) in [6, 6.07) is 7.88. The van der Waals surface area contributed by atoms with E-state index in [-0.39, 0.29) is 0 Å². The van der Waals surface area contributed by atoms with E-state index < -0.39 is 5.91 Å². The number of carbonyl (C=O) groups is 1. The Morgan fingerprint density at radius 3 is 3.00 bits per heavy atom. The van der Waals surface area contributed by atoms with Crippen LogP contribution in [0, 0.1) is 0 Å². The molecular weight excluding hydrogens is 184 g/mol. The first-order chi connectivity index (χ1) is 6.27. The van der Waals surface area contributed by atoms with Crippen LogP contribution < -0.4 is 5.73 Å². The normalized spacial score (nSPS) is 14.6. The van der Waals surface area contributed by atoms with E-state index >= 15 is 0 Å². The molecule has 2 N–H and O–H groups in total. The molecule has 0 spiro atoms. The number of amides is 1. The van der Waals surface area contributed by atoms with Crippen molar-refractivity contribution in [3.05, 3.63) is 29.8 Å². The van der Waals surface area contributed by atoms with Crippen molar-refractivity contribution in [2.24, 2.45) is 10.1 Å². The maximum Gasteiger partial charge on any atom is 0.264 e. The van der Waals surface area contributed by atoms with Gasteiger partial charge in [-0.3, -0.25) is 4.79 Å². The highest BCUT2D eigenvalue weighted by atomic mass is 32.2. The number of benzene rings is 1. The number of nitrogens with two attached hydrogens (primary N) is 1. The molecule has 1 aromatic carbocycles. The lowest BCUT2D eigenvalue weighted by Crippen LogP contribution is -2.26. The fourth-order valence-corrected chi connectivity index (χ4v) is 1.95. The van der Waals surface area contributed by atoms with E-state index in [0.717, 1.165) is 10.5 Å². The molecule has 3 nitrogen and oxygen atoms in total. The predicted octanol–water partition coefficient (Wildman–Crippen LogP) is 1.18.